The van der Waals surface area contributed by atoms with Crippen LogP contribution in [-0.2, 0) is 9.53 Å². The molecule has 2 aromatic heterocycles. The topological polar surface area (TPSA) is 66.5 Å². The highest BCUT2D eigenvalue weighted by molar-refractivity contribution is 5.96. The normalized spacial score (nSPS) is 18.1. The molecular formula is C15H15N3O2. The number of anilines is 1. The lowest BCUT2D eigenvalue weighted by Crippen LogP contribution is -2.27. The number of aryl methyl sites for hydroxylation is 1. The molecule has 0 saturated carbocycles. The Morgan fingerprint density at radius 3 is 3.10 bits per heavy atom. The first kappa shape index (κ1) is 12.7. The van der Waals surface area contributed by atoms with E-state index in [4.69, 9.17) is 4.74 Å². The smallest absolute Gasteiger partial charge is 0.254 e. The monoisotopic (exact) mass is 269 g/mol. The largest absolute Gasteiger partial charge is 0.368 e. The summed E-state index contributed by atoms with van der Waals surface area (Å²) in [4.78, 5) is 12.2. The van der Waals surface area contributed by atoms with Crippen LogP contribution in [0.4, 0.5) is 5.82 Å². The quantitative estimate of drug-likeness (QED) is 0.909. The van der Waals surface area contributed by atoms with Crippen molar-refractivity contribution in [3.05, 3.63) is 35.5 Å². The van der Waals surface area contributed by atoms with Gasteiger partial charge in [-0.15, -0.1) is 0 Å². The summed E-state index contributed by atoms with van der Waals surface area (Å²) in [5, 5.41) is 12.2. The fraction of sp³-hybridized carbons (Fsp3) is 0.333. The zero-order valence-corrected chi connectivity index (χ0v) is 11.2. The molecule has 2 aromatic rings. The Balaban J connectivity index is 2.02. The van der Waals surface area contributed by atoms with Crippen molar-refractivity contribution in [3.8, 4) is 6.07 Å². The van der Waals surface area contributed by atoms with E-state index in [-0.39, 0.29) is 5.91 Å². The van der Waals surface area contributed by atoms with E-state index >= 15 is 0 Å². The van der Waals surface area contributed by atoms with Gasteiger partial charge in [-0.3, -0.25) is 4.79 Å². The minimum absolute atomic E-state index is 0.178. The van der Waals surface area contributed by atoms with Gasteiger partial charge in [0.05, 0.1) is 11.1 Å². The number of nitriles is 1. The molecule has 1 aliphatic rings. The van der Waals surface area contributed by atoms with Crippen molar-refractivity contribution in [3.63, 3.8) is 0 Å². The molecule has 20 heavy (non-hydrogen) atoms. The molecule has 0 unspecified atom stereocenters. The van der Waals surface area contributed by atoms with Gasteiger partial charge in [0.2, 0.25) is 0 Å². The number of aromatic nitrogens is 1. The fourth-order valence-electron chi connectivity index (χ4n) is 2.61. The summed E-state index contributed by atoms with van der Waals surface area (Å²) in [5.41, 5.74) is 2.30. The molecule has 1 atom stereocenters. The third-order valence-electron chi connectivity index (χ3n) is 3.67. The van der Waals surface area contributed by atoms with E-state index in [0.29, 0.717) is 18.0 Å². The van der Waals surface area contributed by atoms with Crippen LogP contribution < -0.4 is 5.32 Å². The first-order chi connectivity index (χ1) is 9.72. The number of nitrogens with one attached hydrogen (secondary N) is 1. The summed E-state index contributed by atoms with van der Waals surface area (Å²) in [5.74, 6) is 0.350. The Labute approximate surface area is 116 Å². The third kappa shape index (κ3) is 1.95. The Morgan fingerprint density at radius 1 is 1.55 bits per heavy atom. The Bertz CT molecular complexity index is 706. The van der Waals surface area contributed by atoms with E-state index in [1.54, 1.807) is 0 Å². The maximum Gasteiger partial charge on any atom is 0.254 e. The zero-order valence-electron chi connectivity index (χ0n) is 11.2. The second kappa shape index (κ2) is 4.99. The van der Waals surface area contributed by atoms with Gasteiger partial charge in [0.1, 0.15) is 18.0 Å². The molecule has 5 heteroatoms. The van der Waals surface area contributed by atoms with Crippen LogP contribution in [0.2, 0.25) is 0 Å². The summed E-state index contributed by atoms with van der Waals surface area (Å²) >= 11 is 0. The summed E-state index contributed by atoms with van der Waals surface area (Å²) in [6.07, 6.45) is 3.07. The molecular weight excluding hydrogens is 254 g/mol. The Morgan fingerprint density at radius 2 is 2.40 bits per heavy atom. The van der Waals surface area contributed by atoms with Crippen molar-refractivity contribution in [1.82, 2.24) is 4.40 Å². The number of nitrogens with zero attached hydrogens (tertiary/aromatic N) is 2. The average molecular weight is 269 g/mol. The van der Waals surface area contributed by atoms with Crippen LogP contribution in [0.15, 0.2) is 24.4 Å². The van der Waals surface area contributed by atoms with E-state index in [1.165, 1.54) is 0 Å². The second-order valence-corrected chi connectivity index (χ2v) is 4.91. The predicted octanol–water partition coefficient (Wildman–Crippen LogP) is 2.24. The van der Waals surface area contributed by atoms with Gasteiger partial charge >= 0.3 is 0 Å². The van der Waals surface area contributed by atoms with Gasteiger partial charge in [-0.05, 0) is 37.5 Å². The van der Waals surface area contributed by atoms with Crippen molar-refractivity contribution >= 4 is 17.2 Å². The number of fused-ring (bicyclic) bond motifs is 1. The number of hydrogen-bond donors (Lipinski definition) is 1. The van der Waals surface area contributed by atoms with E-state index in [0.717, 1.165) is 23.9 Å². The van der Waals surface area contributed by atoms with Gasteiger partial charge in [-0.2, -0.15) is 5.26 Å². The number of pyridine rings is 1. The molecule has 0 aromatic carbocycles. The van der Waals surface area contributed by atoms with Gasteiger partial charge in [0.25, 0.3) is 5.91 Å². The average Bonchev–Trinajstić information content (AvgIpc) is 3.08. The lowest BCUT2D eigenvalue weighted by Gasteiger charge is -2.10. The minimum Gasteiger partial charge on any atom is -0.368 e. The number of carbonyl (C=O) groups is 1. The lowest BCUT2D eigenvalue weighted by atomic mass is 10.2. The van der Waals surface area contributed by atoms with Gasteiger partial charge in [0, 0.05) is 12.8 Å². The highest BCUT2D eigenvalue weighted by Gasteiger charge is 2.26. The van der Waals surface area contributed by atoms with Crippen molar-refractivity contribution in [2.45, 2.75) is 25.9 Å². The van der Waals surface area contributed by atoms with Gasteiger partial charge in [-0.1, -0.05) is 6.07 Å². The minimum atomic E-state index is -0.406. The highest BCUT2D eigenvalue weighted by atomic mass is 16.5. The molecule has 1 amide bonds. The maximum atomic E-state index is 12.2. The summed E-state index contributed by atoms with van der Waals surface area (Å²) < 4.78 is 7.21. The SMILES string of the molecule is Cc1c(C#N)c(NC(=O)[C@H]2CCCO2)n2ccccc12. The molecule has 0 spiro atoms. The molecule has 5 nitrogen and oxygen atoms in total. The number of carbonyl (C=O) groups excluding carboxylic acids is 1. The molecule has 3 heterocycles. The molecule has 0 aliphatic carbocycles. The third-order valence-corrected chi connectivity index (χ3v) is 3.67. The van der Waals surface area contributed by atoms with Crippen molar-refractivity contribution < 1.29 is 9.53 Å². The number of ether oxygens (including phenoxy) is 1. The van der Waals surface area contributed by atoms with Crippen LogP contribution >= 0.6 is 0 Å². The van der Waals surface area contributed by atoms with E-state index in [9.17, 15) is 10.1 Å². The standard InChI is InChI=1S/C15H15N3O2/c1-10-11(9-16)14(18-7-3-2-5-12(10)18)17-15(19)13-6-4-8-20-13/h2-3,5,7,13H,4,6,8H2,1H3,(H,17,19)/t13-/m1/s1. The maximum absolute atomic E-state index is 12.2. The molecule has 0 radical (unpaired) electrons. The summed E-state index contributed by atoms with van der Waals surface area (Å²) in [6, 6.07) is 7.88. The van der Waals surface area contributed by atoms with Gasteiger partial charge < -0.3 is 14.5 Å². The zero-order chi connectivity index (χ0) is 14.1. The number of hydrogen-bond acceptors (Lipinski definition) is 3. The van der Waals surface area contributed by atoms with E-state index in [1.807, 2.05) is 35.7 Å². The Kier molecular flexibility index (Phi) is 3.17. The predicted molar refractivity (Wildman–Crippen MR) is 74.5 cm³/mol. The summed E-state index contributed by atoms with van der Waals surface area (Å²) in [6.45, 7) is 2.51. The fourth-order valence-corrected chi connectivity index (χ4v) is 2.61. The van der Waals surface area contributed by atoms with E-state index in [2.05, 4.69) is 11.4 Å². The Hall–Kier alpha value is -2.32. The highest BCUT2D eigenvalue weighted by Crippen LogP contribution is 2.27. The van der Waals surface area contributed by atoms with Crippen molar-refractivity contribution in [1.29, 1.82) is 5.26 Å². The number of amides is 1. The van der Waals surface area contributed by atoms with Crippen LogP contribution in [0.1, 0.15) is 24.0 Å². The molecule has 102 valence electrons. The van der Waals surface area contributed by atoms with Gasteiger partial charge in [0.15, 0.2) is 0 Å². The molecule has 3 rings (SSSR count). The van der Waals surface area contributed by atoms with Crippen LogP contribution in [-0.4, -0.2) is 23.0 Å². The van der Waals surface area contributed by atoms with Gasteiger partial charge in [-0.25, -0.2) is 0 Å². The lowest BCUT2D eigenvalue weighted by molar-refractivity contribution is -0.124. The molecule has 1 fully saturated rings. The van der Waals surface area contributed by atoms with Crippen LogP contribution in [0.5, 0.6) is 0 Å². The first-order valence-corrected chi connectivity index (χ1v) is 6.64. The number of rotatable bonds is 2. The van der Waals surface area contributed by atoms with Crippen molar-refractivity contribution in [2.75, 3.05) is 11.9 Å². The van der Waals surface area contributed by atoms with E-state index < -0.39 is 6.10 Å². The summed E-state index contributed by atoms with van der Waals surface area (Å²) in [7, 11) is 0. The molecule has 1 aliphatic heterocycles. The van der Waals surface area contributed by atoms with Crippen molar-refractivity contribution in [2.24, 2.45) is 0 Å². The molecule has 1 saturated heterocycles. The van der Waals surface area contributed by atoms with Crippen LogP contribution in [0.3, 0.4) is 0 Å². The molecule has 1 N–H and O–H groups in total. The second-order valence-electron chi connectivity index (χ2n) is 4.91. The first-order valence-electron chi connectivity index (χ1n) is 6.64. The van der Waals surface area contributed by atoms with Crippen LogP contribution in [0, 0.1) is 18.3 Å². The molecule has 0 bridgehead atoms. The van der Waals surface area contributed by atoms with Crippen LogP contribution in [0.25, 0.3) is 5.52 Å².